The van der Waals surface area contributed by atoms with Gasteiger partial charge in [-0.25, -0.2) is 0 Å². The first kappa shape index (κ1) is 10.00. The van der Waals surface area contributed by atoms with Crippen LogP contribution in [0.5, 0.6) is 0 Å². The molecule has 0 fully saturated rings. The third-order valence-electron chi connectivity index (χ3n) is 2.34. The van der Waals surface area contributed by atoms with Crippen molar-refractivity contribution in [2.45, 2.75) is 0 Å². The summed E-state index contributed by atoms with van der Waals surface area (Å²) in [6.07, 6.45) is 1.75. The zero-order valence-corrected chi connectivity index (χ0v) is 8.69. The summed E-state index contributed by atoms with van der Waals surface area (Å²) >= 11 is 0. The number of benzene rings is 2. The Labute approximate surface area is 96.4 Å². The van der Waals surface area contributed by atoms with E-state index in [2.05, 4.69) is 27.5 Å². The molecule has 0 saturated heterocycles. The van der Waals surface area contributed by atoms with Crippen LogP contribution in [0, 0.1) is 0 Å². The summed E-state index contributed by atoms with van der Waals surface area (Å²) in [7, 11) is 0. The van der Waals surface area contributed by atoms with E-state index < -0.39 is 0 Å². The fraction of sp³-hybridized carbons (Fsp3) is 0. The molecule has 0 bridgehead atoms. The number of rotatable bonds is 0. The van der Waals surface area contributed by atoms with Crippen molar-refractivity contribution < 1.29 is 16.5 Å². The fourth-order valence-corrected chi connectivity index (χ4v) is 1.66. The quantitative estimate of drug-likeness (QED) is 0.446. The van der Waals surface area contributed by atoms with E-state index in [0.717, 1.165) is 10.9 Å². The second-order valence-electron chi connectivity index (χ2n) is 3.15. The molecule has 1 aromatic heterocycles. The van der Waals surface area contributed by atoms with Crippen molar-refractivity contribution in [2.75, 3.05) is 0 Å². The molecule has 0 atom stereocenters. The fourth-order valence-electron chi connectivity index (χ4n) is 1.66. The van der Waals surface area contributed by atoms with E-state index in [1.807, 2.05) is 24.3 Å². The number of nitrogens with zero attached hydrogens (tertiary/aromatic N) is 3. The maximum atomic E-state index is 3.97. The Bertz CT molecular complexity index is 555. The van der Waals surface area contributed by atoms with Gasteiger partial charge in [-0.15, -0.1) is 10.2 Å². The molecule has 0 amide bonds. The SMILES string of the molecule is [Ni].c1ccc2c(c1)ccc1nnncc12. The van der Waals surface area contributed by atoms with Crippen LogP contribution in [-0.4, -0.2) is 15.4 Å². The van der Waals surface area contributed by atoms with E-state index in [1.165, 1.54) is 10.8 Å². The summed E-state index contributed by atoms with van der Waals surface area (Å²) in [6.45, 7) is 0. The van der Waals surface area contributed by atoms with E-state index in [4.69, 9.17) is 0 Å². The predicted molar refractivity (Wildman–Crippen MR) is 54.8 cm³/mol. The third kappa shape index (κ3) is 1.57. The molecule has 0 unspecified atom stereocenters. The van der Waals surface area contributed by atoms with Crippen LogP contribution in [0.1, 0.15) is 0 Å². The summed E-state index contributed by atoms with van der Waals surface area (Å²) < 4.78 is 0. The van der Waals surface area contributed by atoms with Crippen LogP contribution >= 0.6 is 0 Å². The molecule has 3 nitrogen and oxygen atoms in total. The zero-order chi connectivity index (χ0) is 9.38. The van der Waals surface area contributed by atoms with Gasteiger partial charge in [0.15, 0.2) is 0 Å². The maximum Gasteiger partial charge on any atom is 0.0969 e. The van der Waals surface area contributed by atoms with Gasteiger partial charge in [0, 0.05) is 21.9 Å². The Morgan fingerprint density at radius 3 is 2.67 bits per heavy atom. The average Bonchev–Trinajstić information content (AvgIpc) is 2.29. The predicted octanol–water partition coefficient (Wildman–Crippen LogP) is 2.18. The normalized spacial score (nSPS) is 10.1. The molecule has 1 heterocycles. The average molecular weight is 240 g/mol. The van der Waals surface area contributed by atoms with Crippen molar-refractivity contribution in [1.29, 1.82) is 0 Å². The van der Waals surface area contributed by atoms with Crippen LogP contribution in [0.25, 0.3) is 21.7 Å². The van der Waals surface area contributed by atoms with Gasteiger partial charge in [-0.2, -0.15) is 0 Å². The first-order valence-electron chi connectivity index (χ1n) is 4.41. The van der Waals surface area contributed by atoms with Crippen molar-refractivity contribution in [1.82, 2.24) is 15.4 Å². The molecule has 0 aliphatic heterocycles. The van der Waals surface area contributed by atoms with Gasteiger partial charge in [-0.3, -0.25) is 0 Å². The molecular weight excluding hydrogens is 233 g/mol. The number of aromatic nitrogens is 3. The van der Waals surface area contributed by atoms with E-state index >= 15 is 0 Å². The van der Waals surface area contributed by atoms with E-state index in [0.29, 0.717) is 0 Å². The van der Waals surface area contributed by atoms with Gasteiger partial charge in [0.2, 0.25) is 0 Å². The summed E-state index contributed by atoms with van der Waals surface area (Å²) in [5.41, 5.74) is 0.888. The van der Waals surface area contributed by atoms with Gasteiger partial charge < -0.3 is 0 Å². The van der Waals surface area contributed by atoms with Crippen molar-refractivity contribution in [2.24, 2.45) is 0 Å². The van der Waals surface area contributed by atoms with Gasteiger partial charge in [-0.05, 0) is 22.1 Å². The molecule has 4 heteroatoms. The molecule has 0 spiro atoms. The Morgan fingerprint density at radius 2 is 1.73 bits per heavy atom. The van der Waals surface area contributed by atoms with Crippen molar-refractivity contribution >= 4 is 21.7 Å². The zero-order valence-electron chi connectivity index (χ0n) is 7.70. The second kappa shape index (κ2) is 3.91. The number of fused-ring (bicyclic) bond motifs is 3. The van der Waals surface area contributed by atoms with Crippen molar-refractivity contribution in [3.05, 3.63) is 42.6 Å². The smallest absolute Gasteiger partial charge is 0.0969 e. The molecule has 3 aromatic rings. The van der Waals surface area contributed by atoms with E-state index in [1.54, 1.807) is 6.20 Å². The van der Waals surface area contributed by atoms with Gasteiger partial charge >= 0.3 is 0 Å². The first-order chi connectivity index (χ1) is 6.95. The molecule has 15 heavy (non-hydrogen) atoms. The van der Waals surface area contributed by atoms with Crippen LogP contribution in [0.2, 0.25) is 0 Å². The molecule has 76 valence electrons. The number of hydrogen-bond donors (Lipinski definition) is 0. The summed E-state index contributed by atoms with van der Waals surface area (Å²) in [5.74, 6) is 0. The van der Waals surface area contributed by atoms with E-state index in [9.17, 15) is 0 Å². The minimum Gasteiger partial charge on any atom is -0.138 e. The van der Waals surface area contributed by atoms with Gasteiger partial charge in [-0.1, -0.05) is 30.3 Å². The van der Waals surface area contributed by atoms with Crippen LogP contribution in [0.4, 0.5) is 0 Å². The first-order valence-corrected chi connectivity index (χ1v) is 4.41. The van der Waals surface area contributed by atoms with Crippen molar-refractivity contribution in [3.8, 4) is 0 Å². The summed E-state index contributed by atoms with van der Waals surface area (Å²) in [4.78, 5) is 0. The Morgan fingerprint density at radius 1 is 0.867 bits per heavy atom. The Hall–Kier alpha value is -1.54. The molecule has 3 rings (SSSR count). The van der Waals surface area contributed by atoms with Gasteiger partial charge in [0.05, 0.1) is 11.7 Å². The van der Waals surface area contributed by atoms with Crippen LogP contribution in [-0.2, 0) is 16.5 Å². The topological polar surface area (TPSA) is 38.7 Å². The minimum atomic E-state index is 0. The number of hydrogen-bond acceptors (Lipinski definition) is 3. The van der Waals surface area contributed by atoms with Crippen LogP contribution in [0.3, 0.4) is 0 Å². The molecule has 0 radical (unpaired) electrons. The largest absolute Gasteiger partial charge is 0.138 e. The van der Waals surface area contributed by atoms with Crippen LogP contribution < -0.4 is 0 Å². The van der Waals surface area contributed by atoms with Gasteiger partial charge in [0.25, 0.3) is 0 Å². The Kier molecular flexibility index (Phi) is 2.61. The molecule has 0 N–H and O–H groups in total. The Balaban J connectivity index is 0.000000853. The molecule has 0 aliphatic rings. The van der Waals surface area contributed by atoms with Crippen molar-refractivity contribution in [3.63, 3.8) is 0 Å². The summed E-state index contributed by atoms with van der Waals surface area (Å²) in [5, 5.41) is 14.8. The minimum absolute atomic E-state index is 0. The monoisotopic (exact) mass is 239 g/mol. The maximum absolute atomic E-state index is 3.97. The molecular formula is C11H7N3Ni. The molecule has 0 aliphatic carbocycles. The van der Waals surface area contributed by atoms with Gasteiger partial charge in [0.1, 0.15) is 0 Å². The molecule has 2 aromatic carbocycles. The molecule has 0 saturated carbocycles. The third-order valence-corrected chi connectivity index (χ3v) is 2.34. The standard InChI is InChI=1S/C11H7N3.Ni/c1-2-4-9-8(3-1)5-6-11-10(9)7-12-14-13-11;/h1-7H;. The van der Waals surface area contributed by atoms with Crippen LogP contribution in [0.15, 0.2) is 42.6 Å². The second-order valence-corrected chi connectivity index (χ2v) is 3.15. The van der Waals surface area contributed by atoms with E-state index in [-0.39, 0.29) is 16.5 Å². The summed E-state index contributed by atoms with van der Waals surface area (Å²) in [6, 6.07) is 12.2.